The van der Waals surface area contributed by atoms with Gasteiger partial charge in [0.15, 0.2) is 11.9 Å². The Morgan fingerprint density at radius 1 is 1.15 bits per heavy atom. The van der Waals surface area contributed by atoms with Crippen LogP contribution < -0.4 is 27.0 Å². The number of carbonyl (C=O) groups excluding carboxylic acids is 5. The summed E-state index contributed by atoms with van der Waals surface area (Å²) < 4.78 is 5.58. The molecule has 1 aliphatic heterocycles. The SMILES string of the molecule is CC(C)(C(N)=O)C(=O)NCCCNc1nc(Nc2cccc(NC(=O)CCC(=O)[C@@H]3CCC(=O)O3)c2)ncc1Br. The molecule has 2 aromatic rings. The summed E-state index contributed by atoms with van der Waals surface area (Å²) in [4.78, 5) is 67.8. The number of ether oxygens (including phenoxy) is 1. The second kappa shape index (κ2) is 13.8. The van der Waals surface area contributed by atoms with Gasteiger partial charge in [0.2, 0.25) is 23.7 Å². The van der Waals surface area contributed by atoms with Crippen molar-refractivity contribution in [1.29, 1.82) is 0 Å². The average Bonchev–Trinajstić information content (AvgIpc) is 3.35. The number of nitrogens with two attached hydrogens (primary N) is 1. The molecule has 0 unspecified atom stereocenters. The zero-order chi connectivity index (χ0) is 29.3. The molecule has 1 saturated heterocycles. The number of Topliss-reactive ketones (excluding diaryl/α,β-unsaturated/α-hetero) is 1. The Labute approximate surface area is 239 Å². The molecule has 2 heterocycles. The summed E-state index contributed by atoms with van der Waals surface area (Å²) in [6, 6.07) is 6.94. The van der Waals surface area contributed by atoms with Crippen LogP contribution in [0.3, 0.4) is 0 Å². The predicted octanol–water partition coefficient (Wildman–Crippen LogP) is 2.41. The molecule has 1 aromatic heterocycles. The van der Waals surface area contributed by atoms with Crippen LogP contribution in [0, 0.1) is 5.41 Å². The van der Waals surface area contributed by atoms with E-state index in [1.54, 1.807) is 30.5 Å². The molecule has 3 amide bonds. The summed E-state index contributed by atoms with van der Waals surface area (Å²) >= 11 is 3.41. The fourth-order valence-corrected chi connectivity index (χ4v) is 3.89. The van der Waals surface area contributed by atoms with Gasteiger partial charge in [-0.3, -0.25) is 24.0 Å². The summed E-state index contributed by atoms with van der Waals surface area (Å²) in [7, 11) is 0. The molecule has 3 rings (SSSR count). The molecule has 0 aliphatic carbocycles. The third-order valence-corrected chi connectivity index (χ3v) is 6.68. The number of cyclic esters (lactones) is 1. The summed E-state index contributed by atoms with van der Waals surface area (Å²) in [6.45, 7) is 3.77. The van der Waals surface area contributed by atoms with Crippen molar-refractivity contribution in [3.05, 3.63) is 34.9 Å². The highest BCUT2D eigenvalue weighted by Gasteiger charge is 2.33. The Hall–Kier alpha value is -4.07. The largest absolute Gasteiger partial charge is 0.454 e. The Morgan fingerprint density at radius 3 is 2.60 bits per heavy atom. The molecule has 1 aromatic carbocycles. The number of aromatic nitrogens is 2. The van der Waals surface area contributed by atoms with Crippen molar-refractivity contribution in [3.8, 4) is 0 Å². The van der Waals surface area contributed by atoms with Crippen molar-refractivity contribution in [1.82, 2.24) is 15.3 Å². The van der Waals surface area contributed by atoms with E-state index >= 15 is 0 Å². The number of primary amides is 1. The maximum atomic E-state index is 12.3. The lowest BCUT2D eigenvalue weighted by Gasteiger charge is -2.19. The third kappa shape index (κ3) is 8.73. The fraction of sp³-hybridized carbons (Fsp3) is 0.423. The van der Waals surface area contributed by atoms with Gasteiger partial charge in [0.25, 0.3) is 0 Å². The normalized spacial score (nSPS) is 14.7. The first-order chi connectivity index (χ1) is 19.0. The summed E-state index contributed by atoms with van der Waals surface area (Å²) in [5, 5.41) is 11.7. The minimum absolute atomic E-state index is 0.0119. The number of esters is 1. The van der Waals surface area contributed by atoms with Crippen molar-refractivity contribution in [2.45, 2.75) is 52.1 Å². The van der Waals surface area contributed by atoms with Gasteiger partial charge < -0.3 is 31.7 Å². The Balaban J connectivity index is 1.47. The van der Waals surface area contributed by atoms with Gasteiger partial charge in [-0.15, -0.1) is 0 Å². The van der Waals surface area contributed by atoms with E-state index in [0.717, 1.165) is 0 Å². The molecule has 0 spiro atoms. The van der Waals surface area contributed by atoms with Gasteiger partial charge in [-0.2, -0.15) is 4.98 Å². The zero-order valence-electron chi connectivity index (χ0n) is 22.2. The number of hydrogen-bond acceptors (Lipinski definition) is 10. The number of anilines is 4. The van der Waals surface area contributed by atoms with Crippen LogP contribution in [0.2, 0.25) is 0 Å². The van der Waals surface area contributed by atoms with E-state index in [0.29, 0.717) is 53.5 Å². The number of rotatable bonds is 14. The Kier molecular flexibility index (Phi) is 10.5. The van der Waals surface area contributed by atoms with Crippen LogP contribution in [0.15, 0.2) is 34.9 Å². The second-order valence-corrected chi connectivity index (χ2v) is 10.5. The third-order valence-electron chi connectivity index (χ3n) is 6.10. The summed E-state index contributed by atoms with van der Waals surface area (Å²) in [6.07, 6.45) is 1.94. The van der Waals surface area contributed by atoms with Crippen LogP contribution in [0.4, 0.5) is 23.1 Å². The van der Waals surface area contributed by atoms with Gasteiger partial charge in [0.1, 0.15) is 11.2 Å². The molecule has 0 saturated carbocycles. The van der Waals surface area contributed by atoms with Crippen molar-refractivity contribution < 1.29 is 28.7 Å². The highest BCUT2D eigenvalue weighted by molar-refractivity contribution is 9.10. The average molecular weight is 618 g/mol. The van der Waals surface area contributed by atoms with Gasteiger partial charge >= 0.3 is 5.97 Å². The molecule has 13 nitrogen and oxygen atoms in total. The number of carbonyl (C=O) groups is 5. The molecule has 6 N–H and O–H groups in total. The minimum atomic E-state index is -1.28. The molecule has 14 heteroatoms. The molecular formula is C26H32BrN7O6. The Morgan fingerprint density at radius 2 is 1.90 bits per heavy atom. The van der Waals surface area contributed by atoms with Gasteiger partial charge in [0.05, 0.1) is 4.47 Å². The van der Waals surface area contributed by atoms with Crippen LogP contribution >= 0.6 is 15.9 Å². The van der Waals surface area contributed by atoms with E-state index in [-0.39, 0.29) is 31.0 Å². The monoisotopic (exact) mass is 617 g/mol. The van der Waals surface area contributed by atoms with Crippen LogP contribution in [-0.2, 0) is 28.7 Å². The predicted molar refractivity (Wildman–Crippen MR) is 151 cm³/mol. The molecule has 1 fully saturated rings. The van der Waals surface area contributed by atoms with E-state index in [1.165, 1.54) is 13.8 Å². The van der Waals surface area contributed by atoms with E-state index in [1.807, 2.05) is 0 Å². The van der Waals surface area contributed by atoms with Crippen LogP contribution in [-0.4, -0.2) is 58.6 Å². The topological polar surface area (TPSA) is 194 Å². The molecule has 1 atom stereocenters. The van der Waals surface area contributed by atoms with E-state index in [2.05, 4.69) is 47.2 Å². The second-order valence-electron chi connectivity index (χ2n) is 9.65. The molecule has 40 heavy (non-hydrogen) atoms. The quantitative estimate of drug-likeness (QED) is 0.119. The lowest BCUT2D eigenvalue weighted by molar-refractivity contribution is -0.147. The fourth-order valence-electron chi connectivity index (χ4n) is 3.56. The highest BCUT2D eigenvalue weighted by Crippen LogP contribution is 2.24. The number of hydrogen-bond donors (Lipinski definition) is 5. The molecule has 1 aliphatic rings. The smallest absolute Gasteiger partial charge is 0.306 e. The van der Waals surface area contributed by atoms with Crippen molar-refractivity contribution in [2.24, 2.45) is 11.1 Å². The molecule has 0 bridgehead atoms. The van der Waals surface area contributed by atoms with E-state index < -0.39 is 29.3 Å². The van der Waals surface area contributed by atoms with Crippen LogP contribution in [0.1, 0.15) is 46.0 Å². The number of nitrogens with zero attached hydrogens (tertiary/aromatic N) is 2. The standard InChI is InChI=1S/C26H32BrN7O6/c1-26(2,23(28)38)24(39)30-12-4-11-29-22-17(27)14-31-25(34-22)33-16-6-3-5-15(13-16)32-20(36)9-7-18(35)19-8-10-21(37)40-19/h3,5-6,13-14,19H,4,7-12H2,1-2H3,(H2,28,38)(H,30,39)(H,32,36)(H2,29,31,33,34)/t19-/m0/s1. The number of halogens is 1. The van der Waals surface area contributed by atoms with E-state index in [9.17, 15) is 24.0 Å². The first-order valence-electron chi connectivity index (χ1n) is 12.7. The van der Waals surface area contributed by atoms with Gasteiger partial charge in [0, 0.05) is 56.3 Å². The first-order valence-corrected chi connectivity index (χ1v) is 13.5. The Bertz CT molecular complexity index is 1290. The maximum absolute atomic E-state index is 12.3. The van der Waals surface area contributed by atoms with Gasteiger partial charge in [-0.1, -0.05) is 6.07 Å². The number of ketones is 1. The first kappa shape index (κ1) is 30.5. The van der Waals surface area contributed by atoms with Gasteiger partial charge in [-0.05, 0) is 54.4 Å². The zero-order valence-corrected chi connectivity index (χ0v) is 23.8. The highest BCUT2D eigenvalue weighted by atomic mass is 79.9. The summed E-state index contributed by atoms with van der Waals surface area (Å²) in [5.41, 5.74) is 5.12. The lowest BCUT2D eigenvalue weighted by Crippen LogP contribution is -2.46. The maximum Gasteiger partial charge on any atom is 0.306 e. The minimum Gasteiger partial charge on any atom is -0.454 e. The van der Waals surface area contributed by atoms with Crippen molar-refractivity contribution >= 4 is 68.5 Å². The lowest BCUT2D eigenvalue weighted by atomic mass is 9.91. The number of nitrogens with one attached hydrogen (secondary N) is 4. The van der Waals surface area contributed by atoms with Gasteiger partial charge in [-0.25, -0.2) is 4.98 Å². The van der Waals surface area contributed by atoms with Crippen LogP contribution in [0.25, 0.3) is 0 Å². The molecule has 214 valence electrons. The number of benzene rings is 1. The molecule has 0 radical (unpaired) electrons. The molecular weight excluding hydrogens is 586 g/mol. The van der Waals surface area contributed by atoms with Crippen molar-refractivity contribution in [3.63, 3.8) is 0 Å². The number of amides is 3. The van der Waals surface area contributed by atoms with Crippen LogP contribution in [0.5, 0.6) is 0 Å². The van der Waals surface area contributed by atoms with E-state index in [4.69, 9.17) is 10.5 Å². The van der Waals surface area contributed by atoms with Crippen molar-refractivity contribution in [2.75, 3.05) is 29.0 Å². The summed E-state index contributed by atoms with van der Waals surface area (Å²) in [5.74, 6) is -1.27.